The molecule has 1 fully saturated rings. The lowest BCUT2D eigenvalue weighted by Gasteiger charge is -2.30. The molecule has 1 aliphatic rings. The number of hydrogen-bond acceptors (Lipinski definition) is 3. The summed E-state index contributed by atoms with van der Waals surface area (Å²) in [6, 6.07) is 0. The van der Waals surface area contributed by atoms with Crippen LogP contribution in [0.1, 0.15) is 19.8 Å². The second kappa shape index (κ2) is 5.82. The smallest absolute Gasteiger partial charge is 0.212 e. The molecule has 82 valence electrons. The summed E-state index contributed by atoms with van der Waals surface area (Å²) in [4.78, 5) is 6.47. The summed E-state index contributed by atoms with van der Waals surface area (Å²) < 4.78 is 0. The lowest BCUT2D eigenvalue weighted by Crippen LogP contribution is -2.35. The van der Waals surface area contributed by atoms with E-state index in [2.05, 4.69) is 16.8 Å². The Morgan fingerprint density at radius 1 is 1.57 bits per heavy atom. The van der Waals surface area contributed by atoms with E-state index >= 15 is 0 Å². The predicted molar refractivity (Wildman–Crippen MR) is 56.2 cm³/mol. The van der Waals surface area contributed by atoms with Crippen molar-refractivity contribution in [2.45, 2.75) is 19.8 Å². The minimum absolute atomic E-state index is 0.114. The van der Waals surface area contributed by atoms with Crippen LogP contribution >= 0.6 is 0 Å². The number of hydroxylamine groups is 1. The van der Waals surface area contributed by atoms with E-state index in [1.165, 1.54) is 12.8 Å². The molecule has 1 heterocycles. The van der Waals surface area contributed by atoms with Crippen molar-refractivity contribution in [1.29, 1.82) is 0 Å². The normalized spacial score (nSPS) is 21.1. The van der Waals surface area contributed by atoms with E-state index in [-0.39, 0.29) is 5.96 Å². The molecular formula is C9H20N4O. The molecule has 4 N–H and O–H groups in total. The van der Waals surface area contributed by atoms with Gasteiger partial charge in [-0.2, -0.15) is 0 Å². The van der Waals surface area contributed by atoms with Gasteiger partial charge in [-0.1, -0.05) is 6.92 Å². The monoisotopic (exact) mass is 200 g/mol. The van der Waals surface area contributed by atoms with Gasteiger partial charge in [-0.25, -0.2) is 5.48 Å². The van der Waals surface area contributed by atoms with Gasteiger partial charge in [0.1, 0.15) is 0 Å². The quantitative estimate of drug-likeness (QED) is 0.341. The zero-order valence-corrected chi connectivity index (χ0v) is 8.74. The molecule has 1 rings (SSSR count). The molecule has 0 unspecified atom stereocenters. The van der Waals surface area contributed by atoms with Crippen LogP contribution in [0.15, 0.2) is 4.99 Å². The number of hydrogen-bond donors (Lipinski definition) is 3. The summed E-state index contributed by atoms with van der Waals surface area (Å²) >= 11 is 0. The van der Waals surface area contributed by atoms with Crippen LogP contribution in [0.5, 0.6) is 0 Å². The van der Waals surface area contributed by atoms with Gasteiger partial charge in [0.15, 0.2) is 0 Å². The maximum absolute atomic E-state index is 8.43. The Labute approximate surface area is 84.9 Å². The standard InChI is InChI=1S/C9H20N4O/c1-2-13-5-3-8(4-6-13)7-11-9(10)12-14/h8,14H,2-7H2,1H3,(H3,10,11,12). The zero-order valence-electron chi connectivity index (χ0n) is 8.74. The summed E-state index contributed by atoms with van der Waals surface area (Å²) in [5.74, 6) is 0.729. The van der Waals surface area contributed by atoms with E-state index in [0.29, 0.717) is 5.92 Å². The zero-order chi connectivity index (χ0) is 10.4. The maximum Gasteiger partial charge on any atom is 0.212 e. The van der Waals surface area contributed by atoms with Gasteiger partial charge in [-0.15, -0.1) is 0 Å². The average molecular weight is 200 g/mol. The van der Waals surface area contributed by atoms with Gasteiger partial charge in [0.2, 0.25) is 5.96 Å². The lowest BCUT2D eigenvalue weighted by atomic mass is 9.97. The molecule has 0 bridgehead atoms. The summed E-state index contributed by atoms with van der Waals surface area (Å²) in [7, 11) is 0. The molecular weight excluding hydrogens is 180 g/mol. The number of likely N-dealkylation sites (tertiary alicyclic amines) is 1. The topological polar surface area (TPSA) is 73.9 Å². The first-order valence-electron chi connectivity index (χ1n) is 5.18. The number of rotatable bonds is 3. The molecule has 0 amide bonds. The Kier molecular flexibility index (Phi) is 4.69. The van der Waals surface area contributed by atoms with Crippen molar-refractivity contribution >= 4 is 5.96 Å². The van der Waals surface area contributed by atoms with Gasteiger partial charge in [0.05, 0.1) is 0 Å². The largest absolute Gasteiger partial charge is 0.368 e. The molecule has 0 aromatic carbocycles. The molecule has 0 atom stereocenters. The number of nitrogens with zero attached hydrogens (tertiary/aromatic N) is 2. The molecule has 1 saturated heterocycles. The fourth-order valence-corrected chi connectivity index (χ4v) is 1.75. The van der Waals surface area contributed by atoms with Crippen LogP contribution in [0.4, 0.5) is 0 Å². The van der Waals surface area contributed by atoms with Gasteiger partial charge < -0.3 is 10.6 Å². The van der Waals surface area contributed by atoms with Crippen molar-refractivity contribution in [3.8, 4) is 0 Å². The lowest BCUT2D eigenvalue weighted by molar-refractivity contribution is 0.195. The van der Waals surface area contributed by atoms with E-state index in [0.717, 1.165) is 26.2 Å². The Morgan fingerprint density at radius 3 is 2.71 bits per heavy atom. The second-order valence-electron chi connectivity index (χ2n) is 3.72. The first-order chi connectivity index (χ1) is 6.76. The van der Waals surface area contributed by atoms with Crippen LogP contribution in [0.3, 0.4) is 0 Å². The fourth-order valence-electron chi connectivity index (χ4n) is 1.75. The van der Waals surface area contributed by atoms with Crippen molar-refractivity contribution in [3.05, 3.63) is 0 Å². The van der Waals surface area contributed by atoms with E-state index in [1.54, 1.807) is 0 Å². The second-order valence-corrected chi connectivity index (χ2v) is 3.72. The molecule has 5 heteroatoms. The van der Waals surface area contributed by atoms with Crippen molar-refractivity contribution in [3.63, 3.8) is 0 Å². The van der Waals surface area contributed by atoms with Crippen molar-refractivity contribution in [2.24, 2.45) is 16.6 Å². The number of nitrogens with one attached hydrogen (secondary N) is 1. The van der Waals surface area contributed by atoms with E-state index in [4.69, 9.17) is 10.9 Å². The van der Waals surface area contributed by atoms with Crippen LogP contribution in [-0.2, 0) is 0 Å². The summed E-state index contributed by atoms with van der Waals surface area (Å²) in [5, 5.41) is 8.43. The predicted octanol–water partition coefficient (Wildman–Crippen LogP) is 0.0118. The Morgan fingerprint density at radius 2 is 2.21 bits per heavy atom. The number of piperidine rings is 1. The third-order valence-electron chi connectivity index (χ3n) is 2.79. The van der Waals surface area contributed by atoms with E-state index in [1.807, 2.05) is 5.48 Å². The minimum Gasteiger partial charge on any atom is -0.368 e. The van der Waals surface area contributed by atoms with Crippen LogP contribution in [0.2, 0.25) is 0 Å². The van der Waals surface area contributed by atoms with Crippen molar-refractivity contribution < 1.29 is 5.21 Å². The molecule has 14 heavy (non-hydrogen) atoms. The van der Waals surface area contributed by atoms with Crippen molar-refractivity contribution in [1.82, 2.24) is 10.4 Å². The average Bonchev–Trinajstić information content (AvgIpc) is 2.26. The number of guanidine groups is 1. The van der Waals surface area contributed by atoms with Crippen LogP contribution < -0.4 is 11.2 Å². The summed E-state index contributed by atoms with van der Waals surface area (Å²) in [6.07, 6.45) is 2.35. The Balaban J connectivity index is 2.22. The van der Waals surface area contributed by atoms with Crippen LogP contribution in [0.25, 0.3) is 0 Å². The molecule has 0 aromatic rings. The van der Waals surface area contributed by atoms with Gasteiger partial charge in [-0.3, -0.25) is 10.2 Å². The molecule has 0 aromatic heterocycles. The highest BCUT2D eigenvalue weighted by molar-refractivity contribution is 5.76. The number of nitrogens with two attached hydrogens (primary N) is 1. The molecule has 0 spiro atoms. The molecule has 1 aliphatic heterocycles. The van der Waals surface area contributed by atoms with Crippen LogP contribution in [-0.4, -0.2) is 42.2 Å². The summed E-state index contributed by atoms with van der Waals surface area (Å²) in [5.41, 5.74) is 7.16. The highest BCUT2D eigenvalue weighted by atomic mass is 16.5. The first-order valence-corrected chi connectivity index (χ1v) is 5.18. The highest BCUT2D eigenvalue weighted by Gasteiger charge is 2.17. The van der Waals surface area contributed by atoms with E-state index < -0.39 is 0 Å². The number of aliphatic imine (C=N–C) groups is 1. The third-order valence-corrected chi connectivity index (χ3v) is 2.79. The third kappa shape index (κ3) is 3.51. The molecule has 0 aliphatic carbocycles. The molecule has 0 saturated carbocycles. The van der Waals surface area contributed by atoms with Crippen molar-refractivity contribution in [2.75, 3.05) is 26.2 Å². The summed E-state index contributed by atoms with van der Waals surface area (Å²) in [6.45, 7) is 6.35. The fraction of sp³-hybridized carbons (Fsp3) is 0.889. The van der Waals surface area contributed by atoms with E-state index in [9.17, 15) is 0 Å². The first kappa shape index (κ1) is 11.3. The Hall–Kier alpha value is -0.810. The molecule has 5 nitrogen and oxygen atoms in total. The highest BCUT2D eigenvalue weighted by Crippen LogP contribution is 2.16. The SMILES string of the molecule is CCN1CCC(CN=C(N)NO)CC1. The van der Waals surface area contributed by atoms with Gasteiger partial charge in [0, 0.05) is 6.54 Å². The van der Waals surface area contributed by atoms with Gasteiger partial charge in [0.25, 0.3) is 0 Å². The van der Waals surface area contributed by atoms with Crippen LogP contribution in [0, 0.1) is 5.92 Å². The maximum atomic E-state index is 8.43. The Bertz CT molecular complexity index is 187. The van der Waals surface area contributed by atoms with Gasteiger partial charge in [-0.05, 0) is 38.4 Å². The molecule has 0 radical (unpaired) electrons. The minimum atomic E-state index is 0.114. The van der Waals surface area contributed by atoms with Gasteiger partial charge >= 0.3 is 0 Å².